The third-order valence-electron chi connectivity index (χ3n) is 3.05. The Balaban J connectivity index is 2.46. The van der Waals surface area contributed by atoms with E-state index < -0.39 is 0 Å². The van der Waals surface area contributed by atoms with E-state index in [0.717, 1.165) is 23.8 Å². The van der Waals surface area contributed by atoms with Crippen molar-refractivity contribution in [3.8, 4) is 0 Å². The van der Waals surface area contributed by atoms with Gasteiger partial charge in [0.1, 0.15) is 0 Å². The van der Waals surface area contributed by atoms with E-state index in [0.29, 0.717) is 13.2 Å². The summed E-state index contributed by atoms with van der Waals surface area (Å²) in [5.74, 6) is 5.81. The number of hydrogen-bond donors (Lipinski definition) is 2. The van der Waals surface area contributed by atoms with Gasteiger partial charge in [0.2, 0.25) is 0 Å². The molecule has 3 N–H and O–H groups in total. The van der Waals surface area contributed by atoms with Crippen molar-refractivity contribution in [2.75, 3.05) is 13.7 Å². The van der Waals surface area contributed by atoms with Gasteiger partial charge in [0, 0.05) is 15.2 Å². The lowest BCUT2D eigenvalue weighted by molar-refractivity contribution is 0.182. The van der Waals surface area contributed by atoms with E-state index in [1.165, 1.54) is 0 Å². The molecule has 1 aromatic heterocycles. The van der Waals surface area contributed by atoms with Gasteiger partial charge in [-0.15, -0.1) is 0 Å². The number of hydrogen-bond acceptors (Lipinski definition) is 4. The average Bonchev–Trinajstić information content (AvgIpc) is 2.83. The molecule has 0 bridgehead atoms. The molecular formula is C13H15Br2IN4O. The van der Waals surface area contributed by atoms with Crippen LogP contribution in [0.2, 0.25) is 0 Å². The van der Waals surface area contributed by atoms with Gasteiger partial charge in [0.25, 0.3) is 0 Å². The Morgan fingerprint density at radius 1 is 1.43 bits per heavy atom. The summed E-state index contributed by atoms with van der Waals surface area (Å²) in [6.07, 6.45) is 1.77. The Kier molecular flexibility index (Phi) is 6.63. The number of nitrogens with one attached hydrogen (secondary N) is 1. The molecule has 0 aliphatic rings. The number of rotatable bonds is 6. The van der Waals surface area contributed by atoms with Crippen LogP contribution in [0, 0.1) is 3.57 Å². The maximum absolute atomic E-state index is 5.81. The smallest absolute Gasteiger partial charge is 0.0901 e. The van der Waals surface area contributed by atoms with Gasteiger partial charge >= 0.3 is 0 Å². The lowest BCUT2D eigenvalue weighted by atomic mass is 10.0. The zero-order valence-corrected chi connectivity index (χ0v) is 16.6. The van der Waals surface area contributed by atoms with E-state index in [1.807, 2.05) is 16.8 Å². The first-order chi connectivity index (χ1) is 10.1. The largest absolute Gasteiger partial charge is 0.383 e. The van der Waals surface area contributed by atoms with Crippen LogP contribution in [-0.4, -0.2) is 23.5 Å². The van der Waals surface area contributed by atoms with Crippen molar-refractivity contribution in [2.24, 2.45) is 5.84 Å². The number of aromatic nitrogens is 2. The highest BCUT2D eigenvalue weighted by atomic mass is 127. The van der Waals surface area contributed by atoms with Gasteiger partial charge in [-0.05, 0) is 62.3 Å². The van der Waals surface area contributed by atoms with Gasteiger partial charge < -0.3 is 4.74 Å². The summed E-state index contributed by atoms with van der Waals surface area (Å²) in [5.41, 5.74) is 4.91. The van der Waals surface area contributed by atoms with Crippen LogP contribution in [0.5, 0.6) is 0 Å². The number of halogens is 3. The van der Waals surface area contributed by atoms with Gasteiger partial charge in [0.15, 0.2) is 0 Å². The summed E-state index contributed by atoms with van der Waals surface area (Å²) in [4.78, 5) is 0. The maximum atomic E-state index is 5.81. The Labute approximate surface area is 154 Å². The Bertz CT molecular complexity index is 620. The molecule has 0 saturated carbocycles. The van der Waals surface area contributed by atoms with Gasteiger partial charge in [-0.25, -0.2) is 5.43 Å². The van der Waals surface area contributed by atoms with Crippen LogP contribution >= 0.6 is 54.5 Å². The minimum atomic E-state index is -0.178. The molecule has 0 amide bonds. The lowest BCUT2D eigenvalue weighted by Gasteiger charge is -2.20. The molecule has 1 atom stereocenters. The van der Waals surface area contributed by atoms with Gasteiger partial charge in [-0.1, -0.05) is 15.9 Å². The zero-order chi connectivity index (χ0) is 15.4. The zero-order valence-electron chi connectivity index (χ0n) is 11.3. The molecule has 0 fully saturated rings. The van der Waals surface area contributed by atoms with Crippen LogP contribution in [-0.2, 0) is 11.3 Å². The summed E-state index contributed by atoms with van der Waals surface area (Å²) in [5, 5.41) is 4.38. The Hall–Kier alpha value is -0.000000000000000111. The quantitative estimate of drug-likeness (QED) is 0.343. The lowest BCUT2D eigenvalue weighted by Crippen LogP contribution is -2.31. The predicted molar refractivity (Wildman–Crippen MR) is 97.8 cm³/mol. The standard InChI is InChI=1S/C13H15Br2IN4O/c1-21-5-4-20-13(11(15)7-18-20)12(19-17)9-6-8(16)2-3-10(9)14/h2-3,6-7,12,19H,4-5,17H2,1H3. The number of nitrogens with two attached hydrogens (primary N) is 1. The topological polar surface area (TPSA) is 65.1 Å². The number of nitrogens with zero attached hydrogens (tertiary/aromatic N) is 2. The first kappa shape index (κ1) is 17.4. The molecule has 0 aliphatic carbocycles. The molecule has 0 aliphatic heterocycles. The molecule has 0 radical (unpaired) electrons. The monoisotopic (exact) mass is 528 g/mol. The highest BCUT2D eigenvalue weighted by molar-refractivity contribution is 14.1. The van der Waals surface area contributed by atoms with Crippen molar-refractivity contribution in [2.45, 2.75) is 12.6 Å². The highest BCUT2D eigenvalue weighted by Gasteiger charge is 2.23. The molecule has 1 aromatic carbocycles. The Morgan fingerprint density at radius 2 is 2.19 bits per heavy atom. The maximum Gasteiger partial charge on any atom is 0.0901 e. The molecule has 2 rings (SSSR count). The minimum absolute atomic E-state index is 0.178. The average molecular weight is 530 g/mol. The second-order valence-electron chi connectivity index (χ2n) is 4.36. The van der Waals surface area contributed by atoms with E-state index in [1.54, 1.807) is 13.3 Å². The number of hydrazine groups is 1. The third kappa shape index (κ3) is 4.05. The van der Waals surface area contributed by atoms with E-state index in [-0.39, 0.29) is 6.04 Å². The predicted octanol–water partition coefficient (Wildman–Crippen LogP) is 3.21. The van der Waals surface area contributed by atoms with Crippen LogP contribution in [0.4, 0.5) is 0 Å². The molecule has 1 heterocycles. The first-order valence-corrected chi connectivity index (χ1v) is 8.86. The molecular weight excluding hydrogens is 515 g/mol. The number of benzene rings is 1. The number of ether oxygens (including phenoxy) is 1. The van der Waals surface area contributed by atoms with Crippen molar-refractivity contribution < 1.29 is 4.74 Å². The van der Waals surface area contributed by atoms with Crippen molar-refractivity contribution >= 4 is 54.5 Å². The summed E-state index contributed by atoms with van der Waals surface area (Å²) in [6.45, 7) is 1.25. The van der Waals surface area contributed by atoms with Gasteiger partial charge in [-0.3, -0.25) is 10.5 Å². The van der Waals surface area contributed by atoms with E-state index in [2.05, 4.69) is 71.0 Å². The van der Waals surface area contributed by atoms with Crippen LogP contribution < -0.4 is 11.3 Å². The second kappa shape index (κ2) is 8.02. The fourth-order valence-corrected chi connectivity index (χ4v) is 3.58. The van der Waals surface area contributed by atoms with E-state index in [9.17, 15) is 0 Å². The summed E-state index contributed by atoms with van der Waals surface area (Å²) in [7, 11) is 1.67. The fourth-order valence-electron chi connectivity index (χ4n) is 2.07. The molecule has 1 unspecified atom stereocenters. The summed E-state index contributed by atoms with van der Waals surface area (Å²) >= 11 is 9.43. The molecule has 114 valence electrons. The fraction of sp³-hybridized carbons (Fsp3) is 0.308. The first-order valence-electron chi connectivity index (χ1n) is 6.19. The van der Waals surface area contributed by atoms with Crippen molar-refractivity contribution in [3.63, 3.8) is 0 Å². The number of methoxy groups -OCH3 is 1. The molecule has 5 nitrogen and oxygen atoms in total. The Morgan fingerprint density at radius 3 is 2.86 bits per heavy atom. The van der Waals surface area contributed by atoms with Crippen molar-refractivity contribution in [3.05, 3.63) is 48.2 Å². The van der Waals surface area contributed by atoms with Gasteiger partial charge in [-0.2, -0.15) is 5.10 Å². The second-order valence-corrected chi connectivity index (χ2v) is 7.31. The molecule has 8 heteroatoms. The third-order valence-corrected chi connectivity index (χ3v) is 5.05. The summed E-state index contributed by atoms with van der Waals surface area (Å²) in [6, 6.07) is 5.97. The van der Waals surface area contributed by atoms with Crippen LogP contribution in [0.15, 0.2) is 33.3 Å². The van der Waals surface area contributed by atoms with Crippen molar-refractivity contribution in [1.82, 2.24) is 15.2 Å². The highest BCUT2D eigenvalue weighted by Crippen LogP contribution is 2.33. The summed E-state index contributed by atoms with van der Waals surface area (Å²) < 4.78 is 10.1. The minimum Gasteiger partial charge on any atom is -0.383 e. The SMILES string of the molecule is COCCn1ncc(Br)c1C(NN)c1cc(I)ccc1Br. The molecule has 21 heavy (non-hydrogen) atoms. The van der Waals surface area contributed by atoms with Crippen LogP contribution in [0.25, 0.3) is 0 Å². The van der Waals surface area contributed by atoms with Crippen LogP contribution in [0.1, 0.15) is 17.3 Å². The van der Waals surface area contributed by atoms with Gasteiger partial charge in [0.05, 0.1) is 35.6 Å². The normalized spacial score (nSPS) is 12.6. The molecule has 0 saturated heterocycles. The molecule has 0 spiro atoms. The molecule has 2 aromatic rings. The van der Waals surface area contributed by atoms with Crippen molar-refractivity contribution in [1.29, 1.82) is 0 Å². The van der Waals surface area contributed by atoms with Crippen LogP contribution in [0.3, 0.4) is 0 Å². The van der Waals surface area contributed by atoms with E-state index >= 15 is 0 Å². The van der Waals surface area contributed by atoms with E-state index in [4.69, 9.17) is 10.6 Å².